The molecule has 0 aromatic heterocycles. The molecule has 0 spiro atoms. The van der Waals surface area contributed by atoms with Gasteiger partial charge in [-0.05, 0) is 12.0 Å². The van der Waals surface area contributed by atoms with Crippen LogP contribution in [-0.4, -0.2) is 43.3 Å². The maximum absolute atomic E-state index is 9.65. The van der Waals surface area contributed by atoms with E-state index in [1.165, 1.54) is 5.56 Å². The highest BCUT2D eigenvalue weighted by molar-refractivity contribution is 5.85. The van der Waals surface area contributed by atoms with Crippen molar-refractivity contribution in [1.29, 1.82) is 0 Å². The van der Waals surface area contributed by atoms with Gasteiger partial charge in [0.2, 0.25) is 0 Å². The highest BCUT2D eigenvalue weighted by atomic mass is 35.5. The van der Waals surface area contributed by atoms with Crippen LogP contribution < -0.4 is 10.1 Å². The summed E-state index contributed by atoms with van der Waals surface area (Å²) in [6.45, 7) is 8.70. The first-order chi connectivity index (χ1) is 9.67. The van der Waals surface area contributed by atoms with Crippen LogP contribution in [-0.2, 0) is 0 Å². The van der Waals surface area contributed by atoms with Gasteiger partial charge in [-0.25, -0.2) is 0 Å². The third-order valence-corrected chi connectivity index (χ3v) is 4.26. The second kappa shape index (κ2) is 10.2. The number of benzene rings is 1. The minimum Gasteiger partial charge on any atom is -0.508 e. The standard InChI is InChI=1S/C16H26N2O2.2ClH/c1-4-12(2)16(18-9-7-17-8-10-18)14-6-5-13(19)11-15(14)20-3;;/h5-6,11-12,16-17,19H,4,7-10H2,1-3H3;2*1H/t12?,16-;;/m1../s1. The fraction of sp³-hybridized carbons (Fsp3) is 0.625. The van der Waals surface area contributed by atoms with Crippen LogP contribution in [0, 0.1) is 5.92 Å². The Balaban J connectivity index is 0.00000220. The average Bonchev–Trinajstić information content (AvgIpc) is 2.49. The van der Waals surface area contributed by atoms with Crippen molar-refractivity contribution in [2.75, 3.05) is 33.3 Å². The van der Waals surface area contributed by atoms with Crippen molar-refractivity contribution in [2.24, 2.45) is 5.92 Å². The largest absolute Gasteiger partial charge is 0.508 e. The zero-order valence-corrected chi connectivity index (χ0v) is 15.2. The molecule has 0 bridgehead atoms. The minimum absolute atomic E-state index is 0. The molecule has 128 valence electrons. The molecule has 4 nitrogen and oxygen atoms in total. The first-order valence-electron chi connectivity index (χ1n) is 7.49. The van der Waals surface area contributed by atoms with Crippen molar-refractivity contribution in [3.05, 3.63) is 23.8 Å². The molecule has 1 fully saturated rings. The number of methoxy groups -OCH3 is 1. The maximum Gasteiger partial charge on any atom is 0.127 e. The lowest BCUT2D eigenvalue weighted by Gasteiger charge is -2.39. The number of phenolic OH excluding ortho intramolecular Hbond substituents is 1. The number of phenols is 1. The SMILES string of the molecule is CCC(C)[C@H](c1ccc(O)cc1OC)N1CCNCC1.Cl.Cl. The van der Waals surface area contributed by atoms with Crippen molar-refractivity contribution < 1.29 is 9.84 Å². The average molecular weight is 351 g/mol. The molecular formula is C16H28Cl2N2O2. The highest BCUT2D eigenvalue weighted by Crippen LogP contribution is 2.37. The summed E-state index contributed by atoms with van der Waals surface area (Å²) in [6.07, 6.45) is 1.12. The molecule has 0 saturated carbocycles. The molecule has 1 aliphatic heterocycles. The van der Waals surface area contributed by atoms with Crippen LogP contribution in [0.15, 0.2) is 18.2 Å². The Kier molecular flexibility index (Phi) is 9.85. The molecule has 1 saturated heterocycles. The molecule has 1 aliphatic rings. The lowest BCUT2D eigenvalue weighted by Crippen LogP contribution is -2.46. The van der Waals surface area contributed by atoms with Gasteiger partial charge in [-0.15, -0.1) is 24.8 Å². The van der Waals surface area contributed by atoms with E-state index >= 15 is 0 Å². The zero-order chi connectivity index (χ0) is 14.5. The van der Waals surface area contributed by atoms with E-state index < -0.39 is 0 Å². The van der Waals surface area contributed by atoms with Gasteiger partial charge in [0, 0.05) is 43.9 Å². The third kappa shape index (κ3) is 4.92. The molecule has 1 unspecified atom stereocenters. The molecule has 0 aliphatic carbocycles. The van der Waals surface area contributed by atoms with Gasteiger partial charge in [0.05, 0.1) is 7.11 Å². The number of piperazine rings is 1. The van der Waals surface area contributed by atoms with Gasteiger partial charge in [0.15, 0.2) is 0 Å². The topological polar surface area (TPSA) is 44.7 Å². The van der Waals surface area contributed by atoms with Gasteiger partial charge < -0.3 is 15.2 Å². The monoisotopic (exact) mass is 350 g/mol. The Hall–Kier alpha value is -0.680. The van der Waals surface area contributed by atoms with Crippen LogP contribution >= 0.6 is 24.8 Å². The molecule has 1 heterocycles. The predicted octanol–water partition coefficient (Wildman–Crippen LogP) is 3.24. The second-order valence-corrected chi connectivity index (χ2v) is 5.54. The van der Waals surface area contributed by atoms with Crippen molar-refractivity contribution >= 4 is 24.8 Å². The molecule has 6 heteroatoms. The number of hydrogen-bond donors (Lipinski definition) is 2. The van der Waals surface area contributed by atoms with Crippen LogP contribution in [0.3, 0.4) is 0 Å². The van der Waals surface area contributed by atoms with Crippen molar-refractivity contribution in [3.8, 4) is 11.5 Å². The van der Waals surface area contributed by atoms with Gasteiger partial charge in [-0.3, -0.25) is 4.90 Å². The highest BCUT2D eigenvalue weighted by Gasteiger charge is 2.28. The van der Waals surface area contributed by atoms with Gasteiger partial charge in [0.25, 0.3) is 0 Å². The Morgan fingerprint density at radius 2 is 1.91 bits per heavy atom. The lowest BCUT2D eigenvalue weighted by molar-refractivity contribution is 0.126. The number of halogens is 2. The Labute approximate surface area is 146 Å². The summed E-state index contributed by atoms with van der Waals surface area (Å²) < 4.78 is 5.49. The molecule has 0 radical (unpaired) electrons. The molecule has 2 atom stereocenters. The fourth-order valence-corrected chi connectivity index (χ4v) is 2.99. The van der Waals surface area contributed by atoms with E-state index in [4.69, 9.17) is 4.74 Å². The number of nitrogens with one attached hydrogen (secondary N) is 1. The normalized spacial score (nSPS) is 17.8. The first kappa shape index (κ1) is 21.3. The molecule has 2 N–H and O–H groups in total. The number of aromatic hydroxyl groups is 1. The summed E-state index contributed by atoms with van der Waals surface area (Å²) in [4.78, 5) is 2.53. The summed E-state index contributed by atoms with van der Waals surface area (Å²) in [5.74, 6) is 1.59. The fourth-order valence-electron chi connectivity index (χ4n) is 2.99. The van der Waals surface area contributed by atoms with E-state index in [2.05, 4.69) is 24.1 Å². The van der Waals surface area contributed by atoms with Gasteiger partial charge in [-0.2, -0.15) is 0 Å². The van der Waals surface area contributed by atoms with Gasteiger partial charge in [-0.1, -0.05) is 26.3 Å². The molecule has 22 heavy (non-hydrogen) atoms. The molecule has 0 amide bonds. The van der Waals surface area contributed by atoms with E-state index in [1.807, 2.05) is 6.07 Å². The number of hydrogen-bond acceptors (Lipinski definition) is 4. The summed E-state index contributed by atoms with van der Waals surface area (Å²) >= 11 is 0. The Morgan fingerprint density at radius 1 is 1.27 bits per heavy atom. The molecule has 2 rings (SSSR count). The van der Waals surface area contributed by atoms with Gasteiger partial charge >= 0.3 is 0 Å². The van der Waals surface area contributed by atoms with Gasteiger partial charge in [0.1, 0.15) is 11.5 Å². The summed E-state index contributed by atoms with van der Waals surface area (Å²) in [5.41, 5.74) is 1.18. The van der Waals surface area contributed by atoms with E-state index in [0.717, 1.165) is 38.3 Å². The summed E-state index contributed by atoms with van der Waals surface area (Å²) in [6, 6.07) is 5.83. The summed E-state index contributed by atoms with van der Waals surface area (Å²) in [5, 5.41) is 13.1. The van der Waals surface area contributed by atoms with Crippen LogP contribution in [0.2, 0.25) is 0 Å². The molecule has 1 aromatic rings. The second-order valence-electron chi connectivity index (χ2n) is 5.54. The van der Waals surface area contributed by atoms with E-state index in [0.29, 0.717) is 12.0 Å². The smallest absolute Gasteiger partial charge is 0.127 e. The summed E-state index contributed by atoms with van der Waals surface area (Å²) in [7, 11) is 1.67. The first-order valence-corrected chi connectivity index (χ1v) is 7.49. The minimum atomic E-state index is 0. The van der Waals surface area contributed by atoms with Crippen molar-refractivity contribution in [1.82, 2.24) is 10.2 Å². The molecule has 1 aromatic carbocycles. The Morgan fingerprint density at radius 3 is 2.45 bits per heavy atom. The van der Waals surface area contributed by atoms with Crippen LogP contribution in [0.4, 0.5) is 0 Å². The Bertz CT molecular complexity index is 440. The number of nitrogens with zero attached hydrogens (tertiary/aromatic N) is 1. The van der Waals surface area contributed by atoms with Crippen LogP contribution in [0.5, 0.6) is 11.5 Å². The van der Waals surface area contributed by atoms with Crippen LogP contribution in [0.25, 0.3) is 0 Å². The quantitative estimate of drug-likeness (QED) is 0.855. The van der Waals surface area contributed by atoms with E-state index in [9.17, 15) is 5.11 Å². The van der Waals surface area contributed by atoms with E-state index in [-0.39, 0.29) is 30.6 Å². The van der Waals surface area contributed by atoms with Crippen LogP contribution in [0.1, 0.15) is 31.9 Å². The van der Waals surface area contributed by atoms with Crippen molar-refractivity contribution in [2.45, 2.75) is 26.3 Å². The predicted molar refractivity (Wildman–Crippen MR) is 95.8 cm³/mol. The lowest BCUT2D eigenvalue weighted by atomic mass is 9.90. The number of rotatable bonds is 5. The van der Waals surface area contributed by atoms with E-state index in [1.54, 1.807) is 19.2 Å². The van der Waals surface area contributed by atoms with Crippen molar-refractivity contribution in [3.63, 3.8) is 0 Å². The zero-order valence-electron chi connectivity index (χ0n) is 13.5. The maximum atomic E-state index is 9.65. The number of ether oxygens (including phenoxy) is 1. The molecular weight excluding hydrogens is 323 g/mol. The third-order valence-electron chi connectivity index (χ3n) is 4.26.